The van der Waals surface area contributed by atoms with Crippen molar-refractivity contribution in [3.8, 4) is 11.5 Å². The van der Waals surface area contributed by atoms with E-state index in [0.717, 1.165) is 22.3 Å². The maximum atomic E-state index is 13.3. The number of methoxy groups -OCH3 is 2. The van der Waals surface area contributed by atoms with Gasteiger partial charge in [0, 0.05) is 37.5 Å². The second kappa shape index (κ2) is 11.2. The van der Waals surface area contributed by atoms with Gasteiger partial charge in [-0.05, 0) is 78.6 Å². The Morgan fingerprint density at radius 1 is 0.923 bits per heavy atom. The van der Waals surface area contributed by atoms with Crippen LogP contribution in [0, 0.1) is 0 Å². The van der Waals surface area contributed by atoms with E-state index in [4.69, 9.17) is 9.47 Å². The van der Waals surface area contributed by atoms with Crippen LogP contribution in [-0.4, -0.2) is 52.6 Å². The monoisotopic (exact) mass is 549 g/mol. The van der Waals surface area contributed by atoms with Crippen LogP contribution in [0.1, 0.15) is 30.5 Å². The van der Waals surface area contributed by atoms with Crippen LogP contribution in [0.3, 0.4) is 0 Å². The van der Waals surface area contributed by atoms with Gasteiger partial charge in [0.2, 0.25) is 15.7 Å². The third kappa shape index (κ3) is 5.61. The Balaban J connectivity index is 1.78. The molecule has 0 bridgehead atoms. The van der Waals surface area contributed by atoms with E-state index in [0.29, 0.717) is 23.6 Å². The second-order valence-corrected chi connectivity index (χ2v) is 11.1. The molecule has 10 heteroatoms. The number of sulfone groups is 1. The van der Waals surface area contributed by atoms with E-state index in [-0.39, 0.29) is 27.8 Å². The third-order valence-corrected chi connectivity index (χ3v) is 8.35. The largest absolute Gasteiger partial charge is 0.493 e. The molecule has 0 fully saturated rings. The molecule has 3 aromatic rings. The molecular formula is C29H31N3O6S. The average molecular weight is 550 g/mol. The van der Waals surface area contributed by atoms with Gasteiger partial charge in [-0.3, -0.25) is 9.69 Å². The predicted octanol–water partition coefficient (Wildman–Crippen LogP) is 4.47. The molecule has 204 valence electrons. The lowest BCUT2D eigenvalue weighted by Crippen LogP contribution is -2.40. The van der Waals surface area contributed by atoms with Gasteiger partial charge in [0.1, 0.15) is 0 Å². The first kappa shape index (κ1) is 27.7. The summed E-state index contributed by atoms with van der Waals surface area (Å²) in [7, 11) is 0.915. The summed E-state index contributed by atoms with van der Waals surface area (Å²) in [6.45, 7) is 3.34. The molecule has 1 aliphatic rings. The number of carbonyl (C=O) groups is 2. The first-order chi connectivity index (χ1) is 18.6. The SMILES string of the molecule is CNC(=O)N1C=C(c2ccc(S(=O)(=O)c3ccc(NC(C)=O)cc3)cc2)c2cc(OC)c(OC)cc2C[C@H]1C. The normalized spacial score (nSPS) is 14.9. The number of amides is 3. The topological polar surface area (TPSA) is 114 Å². The second-order valence-electron chi connectivity index (χ2n) is 9.16. The van der Waals surface area contributed by atoms with E-state index in [9.17, 15) is 18.0 Å². The Morgan fingerprint density at radius 3 is 2.03 bits per heavy atom. The number of anilines is 1. The molecular weight excluding hydrogens is 518 g/mol. The minimum atomic E-state index is -3.80. The molecule has 3 amide bonds. The summed E-state index contributed by atoms with van der Waals surface area (Å²) in [5.41, 5.74) is 3.80. The fraction of sp³-hybridized carbons (Fsp3) is 0.241. The number of hydrogen-bond acceptors (Lipinski definition) is 6. The number of benzene rings is 3. The molecule has 1 heterocycles. The summed E-state index contributed by atoms with van der Waals surface area (Å²) in [5.74, 6) is 0.892. The summed E-state index contributed by atoms with van der Waals surface area (Å²) >= 11 is 0. The zero-order valence-corrected chi connectivity index (χ0v) is 23.3. The van der Waals surface area contributed by atoms with Crippen molar-refractivity contribution in [2.45, 2.75) is 36.1 Å². The summed E-state index contributed by atoms with van der Waals surface area (Å²) in [6.07, 6.45) is 2.36. The van der Waals surface area contributed by atoms with Gasteiger partial charge in [-0.15, -0.1) is 0 Å². The van der Waals surface area contributed by atoms with E-state index in [2.05, 4.69) is 10.6 Å². The van der Waals surface area contributed by atoms with Crippen molar-refractivity contribution < 1.29 is 27.5 Å². The molecule has 0 unspecified atom stereocenters. The average Bonchev–Trinajstić information content (AvgIpc) is 3.07. The highest BCUT2D eigenvalue weighted by molar-refractivity contribution is 7.91. The highest BCUT2D eigenvalue weighted by Gasteiger charge is 2.27. The summed E-state index contributed by atoms with van der Waals surface area (Å²) in [4.78, 5) is 25.9. The Hall–Kier alpha value is -4.31. The maximum Gasteiger partial charge on any atom is 0.321 e. The predicted molar refractivity (Wildman–Crippen MR) is 149 cm³/mol. The van der Waals surface area contributed by atoms with Crippen molar-refractivity contribution in [3.63, 3.8) is 0 Å². The lowest BCUT2D eigenvalue weighted by molar-refractivity contribution is -0.114. The molecule has 4 rings (SSSR count). The van der Waals surface area contributed by atoms with Crippen LogP contribution in [0.4, 0.5) is 10.5 Å². The number of urea groups is 1. The molecule has 1 aliphatic heterocycles. The van der Waals surface area contributed by atoms with E-state index in [1.165, 1.54) is 19.1 Å². The van der Waals surface area contributed by atoms with Crippen molar-refractivity contribution in [1.82, 2.24) is 10.2 Å². The molecule has 0 saturated heterocycles. The van der Waals surface area contributed by atoms with Crippen LogP contribution >= 0.6 is 0 Å². The van der Waals surface area contributed by atoms with Crippen LogP contribution in [0.5, 0.6) is 11.5 Å². The molecule has 2 N–H and O–H groups in total. The van der Waals surface area contributed by atoms with Crippen molar-refractivity contribution in [2.75, 3.05) is 26.6 Å². The van der Waals surface area contributed by atoms with Gasteiger partial charge in [-0.25, -0.2) is 13.2 Å². The molecule has 1 atom stereocenters. The quantitative estimate of drug-likeness (QED) is 0.469. The summed E-state index contributed by atoms with van der Waals surface area (Å²) in [6, 6.07) is 15.9. The molecule has 0 aliphatic carbocycles. The van der Waals surface area contributed by atoms with Gasteiger partial charge in [0.25, 0.3) is 0 Å². The minimum Gasteiger partial charge on any atom is -0.493 e. The number of rotatable bonds is 6. The van der Waals surface area contributed by atoms with Gasteiger partial charge in [0.15, 0.2) is 11.5 Å². The first-order valence-electron chi connectivity index (χ1n) is 12.3. The molecule has 9 nitrogen and oxygen atoms in total. The van der Waals surface area contributed by atoms with Crippen LogP contribution in [0.25, 0.3) is 5.57 Å². The molecule has 0 radical (unpaired) electrons. The summed E-state index contributed by atoms with van der Waals surface area (Å²) < 4.78 is 37.6. The van der Waals surface area contributed by atoms with E-state index >= 15 is 0 Å². The van der Waals surface area contributed by atoms with Crippen LogP contribution in [-0.2, 0) is 21.1 Å². The number of ether oxygens (including phenoxy) is 2. The maximum absolute atomic E-state index is 13.3. The zero-order valence-electron chi connectivity index (χ0n) is 22.4. The smallest absolute Gasteiger partial charge is 0.321 e. The zero-order chi connectivity index (χ0) is 28.3. The molecule has 0 spiro atoms. The van der Waals surface area contributed by atoms with Crippen LogP contribution < -0.4 is 20.1 Å². The summed E-state index contributed by atoms with van der Waals surface area (Å²) in [5, 5.41) is 5.31. The fourth-order valence-electron chi connectivity index (χ4n) is 4.58. The number of carbonyl (C=O) groups excluding carboxylic acids is 2. The van der Waals surface area contributed by atoms with E-state index < -0.39 is 9.84 Å². The standard InChI is InChI=1S/C29H31N3O6S/c1-18-14-21-15-27(37-4)28(38-5)16-25(21)26(17-32(18)29(34)30-3)20-6-10-23(11-7-20)39(35,36)24-12-8-22(9-13-24)31-19(2)33/h6-13,15-18H,14H2,1-5H3,(H,30,34)(H,31,33)/t18-/m1/s1. The highest BCUT2D eigenvalue weighted by atomic mass is 32.2. The number of nitrogens with zero attached hydrogens (tertiary/aromatic N) is 1. The Kier molecular flexibility index (Phi) is 7.96. The van der Waals surface area contributed by atoms with Gasteiger partial charge in [0.05, 0.1) is 24.0 Å². The molecule has 39 heavy (non-hydrogen) atoms. The minimum absolute atomic E-state index is 0.111. The third-order valence-electron chi connectivity index (χ3n) is 6.57. The molecule has 0 saturated carbocycles. The first-order valence-corrected chi connectivity index (χ1v) is 13.8. The Bertz CT molecular complexity index is 1530. The van der Waals surface area contributed by atoms with Crippen molar-refractivity contribution in [1.29, 1.82) is 0 Å². The Labute approximate surface area is 228 Å². The molecule has 3 aromatic carbocycles. The van der Waals surface area contributed by atoms with E-state index in [1.54, 1.807) is 68.8 Å². The van der Waals surface area contributed by atoms with Gasteiger partial charge in [-0.1, -0.05) is 12.1 Å². The van der Waals surface area contributed by atoms with Gasteiger partial charge < -0.3 is 20.1 Å². The Morgan fingerprint density at radius 2 is 1.49 bits per heavy atom. The lowest BCUT2D eigenvalue weighted by Gasteiger charge is -2.24. The fourth-order valence-corrected chi connectivity index (χ4v) is 5.84. The van der Waals surface area contributed by atoms with Gasteiger partial charge >= 0.3 is 6.03 Å². The van der Waals surface area contributed by atoms with E-state index in [1.807, 2.05) is 19.1 Å². The lowest BCUT2D eigenvalue weighted by atomic mass is 9.92. The van der Waals surface area contributed by atoms with Crippen LogP contribution in [0.15, 0.2) is 76.7 Å². The highest BCUT2D eigenvalue weighted by Crippen LogP contribution is 2.39. The van der Waals surface area contributed by atoms with Crippen molar-refractivity contribution >= 4 is 33.0 Å². The number of fused-ring (bicyclic) bond motifs is 1. The molecule has 0 aromatic heterocycles. The van der Waals surface area contributed by atoms with Crippen molar-refractivity contribution in [3.05, 3.63) is 83.6 Å². The van der Waals surface area contributed by atoms with Crippen LogP contribution in [0.2, 0.25) is 0 Å². The van der Waals surface area contributed by atoms with Crippen molar-refractivity contribution in [2.24, 2.45) is 0 Å². The van der Waals surface area contributed by atoms with Gasteiger partial charge in [-0.2, -0.15) is 0 Å². The number of hydrogen-bond donors (Lipinski definition) is 2. The number of nitrogens with one attached hydrogen (secondary N) is 2.